The van der Waals surface area contributed by atoms with Crippen molar-refractivity contribution in [3.63, 3.8) is 0 Å². The summed E-state index contributed by atoms with van der Waals surface area (Å²) in [5.41, 5.74) is 4.33. The summed E-state index contributed by atoms with van der Waals surface area (Å²) in [7, 11) is 0. The van der Waals surface area contributed by atoms with Crippen LogP contribution in [0.3, 0.4) is 0 Å². The lowest BCUT2D eigenvalue weighted by atomic mass is 9.83. The van der Waals surface area contributed by atoms with E-state index in [0.717, 1.165) is 56.5 Å². The maximum absolute atomic E-state index is 13.9. The number of ketones is 1. The molecule has 1 aliphatic heterocycles. The van der Waals surface area contributed by atoms with Crippen molar-refractivity contribution >= 4 is 41.3 Å². The van der Waals surface area contributed by atoms with Crippen molar-refractivity contribution in [1.82, 2.24) is 20.9 Å². The smallest absolute Gasteiger partial charge is 0.315 e. The lowest BCUT2D eigenvalue weighted by Crippen LogP contribution is -2.62. The predicted molar refractivity (Wildman–Crippen MR) is 168 cm³/mol. The Labute approximate surface area is 256 Å². The van der Waals surface area contributed by atoms with Crippen molar-refractivity contribution in [3.8, 4) is 0 Å². The molecule has 0 aromatic rings. The standard InChI is InChI=1S/C28H47N5O5S.C3H8/c1-5-39-17-28(13-7-6-8-14-28)32-26(38)31-22(27(2,3)4)25(37)33-15-9-10-20(33)24(36)30-19(16-18-11-12-18)21(34)23(29)35;1-3-2/h18-20,22H,5-17H2,1-4H3,(H2,29,35)(H,30,36)(H2,31,32,38);3H2,1-2H3/t19?,20-,22?;/m0./s1. The predicted octanol–water partition coefficient (Wildman–Crippen LogP) is 3.90. The van der Waals surface area contributed by atoms with Crippen LogP contribution in [-0.4, -0.2) is 76.2 Å². The average molecular weight is 610 g/mol. The van der Waals surface area contributed by atoms with E-state index >= 15 is 0 Å². The van der Waals surface area contributed by atoms with E-state index in [1.54, 1.807) is 0 Å². The van der Waals surface area contributed by atoms with Gasteiger partial charge in [-0.25, -0.2) is 4.79 Å². The van der Waals surface area contributed by atoms with Crippen LogP contribution in [0.5, 0.6) is 0 Å². The molecule has 3 rings (SSSR count). The van der Waals surface area contributed by atoms with Crippen molar-refractivity contribution in [3.05, 3.63) is 0 Å². The molecule has 0 spiro atoms. The number of urea groups is 1. The van der Waals surface area contributed by atoms with Crippen LogP contribution in [0.1, 0.15) is 112 Å². The number of likely N-dealkylation sites (tertiary alicyclic amines) is 1. The molecule has 2 saturated carbocycles. The summed E-state index contributed by atoms with van der Waals surface area (Å²) in [4.78, 5) is 65.9. The first-order chi connectivity index (χ1) is 19.8. The van der Waals surface area contributed by atoms with Crippen molar-refractivity contribution in [2.24, 2.45) is 17.1 Å². The molecule has 0 radical (unpaired) electrons. The second-order valence-electron chi connectivity index (χ2n) is 13.2. The molecule has 240 valence electrons. The van der Waals surface area contributed by atoms with Gasteiger partial charge in [-0.1, -0.05) is 80.1 Å². The number of rotatable bonds is 12. The summed E-state index contributed by atoms with van der Waals surface area (Å²) in [6, 6.07) is -2.96. The number of hydrogen-bond donors (Lipinski definition) is 4. The fraction of sp³-hybridized carbons (Fsp3) is 0.839. The molecule has 5 amide bonds. The molecule has 1 saturated heterocycles. The fourth-order valence-corrected chi connectivity index (χ4v) is 6.67. The minimum Gasteiger partial charge on any atom is -0.363 e. The molecule has 10 nitrogen and oxygen atoms in total. The third-order valence-electron chi connectivity index (χ3n) is 8.14. The van der Waals surface area contributed by atoms with E-state index in [2.05, 4.69) is 36.7 Å². The Bertz CT molecular complexity index is 942. The van der Waals surface area contributed by atoms with Crippen LogP contribution in [0.15, 0.2) is 0 Å². The number of carbonyl (C=O) groups excluding carboxylic acids is 5. The minimum atomic E-state index is -1.07. The van der Waals surface area contributed by atoms with Gasteiger partial charge in [0, 0.05) is 12.3 Å². The summed E-state index contributed by atoms with van der Waals surface area (Å²) in [5.74, 6) is -0.570. The minimum absolute atomic E-state index is 0.284. The van der Waals surface area contributed by atoms with E-state index in [4.69, 9.17) is 5.73 Å². The highest BCUT2D eigenvalue weighted by molar-refractivity contribution is 7.99. The molecular weight excluding hydrogens is 554 g/mol. The quantitative estimate of drug-likeness (QED) is 0.247. The van der Waals surface area contributed by atoms with Crippen LogP contribution in [0.2, 0.25) is 0 Å². The number of carbonyl (C=O) groups is 5. The number of amides is 5. The zero-order chi connectivity index (χ0) is 31.5. The largest absolute Gasteiger partial charge is 0.363 e. The van der Waals surface area contributed by atoms with Crippen molar-refractivity contribution in [2.45, 2.75) is 136 Å². The Morgan fingerprint density at radius 2 is 1.57 bits per heavy atom. The van der Waals surface area contributed by atoms with Crippen LogP contribution >= 0.6 is 11.8 Å². The molecule has 5 N–H and O–H groups in total. The molecule has 2 unspecified atom stereocenters. The Morgan fingerprint density at radius 1 is 0.952 bits per heavy atom. The Balaban J connectivity index is 0.00000197. The first-order valence-electron chi connectivity index (χ1n) is 15.9. The highest BCUT2D eigenvalue weighted by Gasteiger charge is 2.44. The Hall–Kier alpha value is -2.30. The van der Waals surface area contributed by atoms with E-state index in [0.29, 0.717) is 25.8 Å². The molecule has 0 bridgehead atoms. The van der Waals surface area contributed by atoms with E-state index in [1.807, 2.05) is 32.5 Å². The maximum atomic E-state index is 13.9. The summed E-state index contributed by atoms with van der Waals surface area (Å²) in [6.45, 7) is 12.4. The molecule has 2 aliphatic carbocycles. The first kappa shape index (κ1) is 35.9. The molecule has 1 heterocycles. The van der Waals surface area contributed by atoms with E-state index in [9.17, 15) is 24.0 Å². The number of nitrogens with two attached hydrogens (primary N) is 1. The van der Waals surface area contributed by atoms with Crippen LogP contribution in [0.4, 0.5) is 4.79 Å². The zero-order valence-corrected chi connectivity index (χ0v) is 27.5. The highest BCUT2D eigenvalue weighted by atomic mass is 32.2. The number of hydrogen-bond acceptors (Lipinski definition) is 6. The zero-order valence-electron chi connectivity index (χ0n) is 26.7. The van der Waals surface area contributed by atoms with Gasteiger partial charge in [-0.3, -0.25) is 19.2 Å². The van der Waals surface area contributed by atoms with Crippen LogP contribution in [0.25, 0.3) is 0 Å². The summed E-state index contributed by atoms with van der Waals surface area (Å²) in [6.07, 6.45) is 9.73. The lowest BCUT2D eigenvalue weighted by molar-refractivity contribution is -0.143. The van der Waals surface area contributed by atoms with E-state index in [-0.39, 0.29) is 23.4 Å². The molecular formula is C31H55N5O5S. The van der Waals surface area contributed by atoms with Crippen molar-refractivity contribution in [2.75, 3.05) is 18.1 Å². The molecule has 0 aromatic heterocycles. The van der Waals surface area contributed by atoms with Crippen LogP contribution in [0, 0.1) is 11.3 Å². The number of nitrogens with one attached hydrogen (secondary N) is 3. The number of primary amides is 1. The Morgan fingerprint density at radius 3 is 2.10 bits per heavy atom. The molecule has 42 heavy (non-hydrogen) atoms. The molecule has 3 atom stereocenters. The summed E-state index contributed by atoms with van der Waals surface area (Å²) < 4.78 is 0. The van der Waals surface area contributed by atoms with Gasteiger partial charge < -0.3 is 26.6 Å². The van der Waals surface area contributed by atoms with E-state index in [1.165, 1.54) is 11.3 Å². The summed E-state index contributed by atoms with van der Waals surface area (Å²) >= 11 is 1.81. The highest BCUT2D eigenvalue weighted by Crippen LogP contribution is 2.34. The average Bonchev–Trinajstić information content (AvgIpc) is 3.60. The third-order valence-corrected chi connectivity index (χ3v) is 9.31. The van der Waals surface area contributed by atoms with E-state index < -0.39 is 41.1 Å². The van der Waals surface area contributed by atoms with Gasteiger partial charge in [-0.15, -0.1) is 0 Å². The van der Waals surface area contributed by atoms with Crippen LogP contribution in [-0.2, 0) is 19.2 Å². The molecule has 11 heteroatoms. The monoisotopic (exact) mass is 609 g/mol. The third kappa shape index (κ3) is 10.8. The SMILES string of the molecule is CCC.CCSCC1(NC(=O)NC(C(=O)N2CCC[C@H]2C(=O)NC(CC2CC2)C(=O)C(N)=O)C(C)(C)C)CCCCC1. The fourth-order valence-electron chi connectivity index (χ4n) is 5.72. The van der Waals surface area contributed by atoms with Gasteiger partial charge in [-0.2, -0.15) is 11.8 Å². The van der Waals surface area contributed by atoms with Gasteiger partial charge in [0.25, 0.3) is 5.91 Å². The van der Waals surface area contributed by atoms with Crippen molar-refractivity contribution < 1.29 is 24.0 Å². The molecule has 3 aliphatic rings. The van der Waals surface area contributed by atoms with Gasteiger partial charge in [-0.05, 0) is 49.2 Å². The van der Waals surface area contributed by atoms with Crippen LogP contribution < -0.4 is 21.7 Å². The lowest BCUT2D eigenvalue weighted by Gasteiger charge is -2.40. The Kier molecular flexibility index (Phi) is 14.1. The van der Waals surface area contributed by atoms with Gasteiger partial charge in [0.2, 0.25) is 17.6 Å². The van der Waals surface area contributed by atoms with Crippen molar-refractivity contribution in [1.29, 1.82) is 0 Å². The van der Waals surface area contributed by atoms with Gasteiger partial charge in [0.05, 0.1) is 11.6 Å². The second-order valence-corrected chi connectivity index (χ2v) is 14.5. The number of nitrogens with zero attached hydrogens (tertiary/aromatic N) is 1. The van der Waals surface area contributed by atoms with Gasteiger partial charge in [0.15, 0.2) is 0 Å². The first-order valence-corrected chi connectivity index (χ1v) is 17.0. The normalized spacial score (nSPS) is 21.3. The molecule has 0 aromatic carbocycles. The maximum Gasteiger partial charge on any atom is 0.315 e. The molecule has 3 fully saturated rings. The number of Topliss-reactive ketones (excluding diaryl/α,β-unsaturated/α-hetero) is 1. The van der Waals surface area contributed by atoms with Gasteiger partial charge >= 0.3 is 6.03 Å². The number of thioether (sulfide) groups is 1. The van der Waals surface area contributed by atoms with Gasteiger partial charge in [0.1, 0.15) is 12.1 Å². The topological polar surface area (TPSA) is 151 Å². The summed E-state index contributed by atoms with van der Waals surface area (Å²) in [5, 5.41) is 8.88. The second kappa shape index (κ2) is 16.5.